The highest BCUT2D eigenvalue weighted by Gasteiger charge is 2.25. The maximum atomic E-state index is 12.2. The van der Waals surface area contributed by atoms with Crippen LogP contribution in [0, 0.1) is 13.8 Å². The lowest BCUT2D eigenvalue weighted by molar-refractivity contribution is -0.119. The Kier molecular flexibility index (Phi) is 5.32. The van der Waals surface area contributed by atoms with Crippen molar-refractivity contribution in [2.75, 3.05) is 11.9 Å². The monoisotopic (exact) mass is 373 g/mol. The number of hydrogen-bond donors (Lipinski definition) is 2. The third-order valence-electron chi connectivity index (χ3n) is 3.78. The number of nitrogens with one attached hydrogen (secondary N) is 2. The van der Waals surface area contributed by atoms with E-state index in [-0.39, 0.29) is 11.9 Å². The zero-order valence-corrected chi connectivity index (χ0v) is 15.3. The summed E-state index contributed by atoms with van der Waals surface area (Å²) in [4.78, 5) is 40.9. The van der Waals surface area contributed by atoms with Crippen LogP contribution in [0.3, 0.4) is 0 Å². The molecule has 1 fully saturated rings. The van der Waals surface area contributed by atoms with Crippen LogP contribution in [-0.2, 0) is 9.53 Å². The fourth-order valence-electron chi connectivity index (χ4n) is 2.38. The Bertz CT molecular complexity index is 858. The molecule has 1 aliphatic rings. The van der Waals surface area contributed by atoms with E-state index in [9.17, 15) is 14.4 Å². The number of aryl methyl sites for hydroxylation is 2. The van der Waals surface area contributed by atoms with Crippen molar-refractivity contribution in [3.05, 3.63) is 45.4 Å². The minimum absolute atomic E-state index is 0.221. The molecule has 3 rings (SSSR count). The number of aromatic nitrogens is 1. The van der Waals surface area contributed by atoms with Gasteiger partial charge in [-0.2, -0.15) is 0 Å². The highest BCUT2D eigenvalue weighted by atomic mass is 32.1. The number of hydrogen-bond acceptors (Lipinski definition) is 6. The lowest BCUT2D eigenvalue weighted by Gasteiger charge is -2.11. The van der Waals surface area contributed by atoms with Crippen LogP contribution >= 0.6 is 11.3 Å². The minimum Gasteiger partial charge on any atom is -0.451 e. The molecule has 26 heavy (non-hydrogen) atoms. The van der Waals surface area contributed by atoms with Crippen molar-refractivity contribution in [3.8, 4) is 0 Å². The lowest BCUT2D eigenvalue weighted by Crippen LogP contribution is -2.28. The number of esters is 1. The van der Waals surface area contributed by atoms with E-state index in [1.165, 1.54) is 11.3 Å². The lowest BCUT2D eigenvalue weighted by atomic mass is 10.1. The molecule has 0 bridgehead atoms. The molecule has 136 valence electrons. The second-order valence-corrected chi connectivity index (χ2v) is 7.27. The molecule has 0 unspecified atom stereocenters. The van der Waals surface area contributed by atoms with Gasteiger partial charge in [0.25, 0.3) is 11.8 Å². The van der Waals surface area contributed by atoms with Gasteiger partial charge in [0.15, 0.2) is 6.61 Å². The van der Waals surface area contributed by atoms with E-state index in [2.05, 4.69) is 15.6 Å². The van der Waals surface area contributed by atoms with Crippen molar-refractivity contribution in [1.82, 2.24) is 10.3 Å². The minimum atomic E-state index is -0.581. The second-order valence-electron chi connectivity index (χ2n) is 6.07. The summed E-state index contributed by atoms with van der Waals surface area (Å²) in [6.07, 6.45) is 1.96. The first kappa shape index (κ1) is 18.1. The van der Waals surface area contributed by atoms with E-state index in [4.69, 9.17) is 4.74 Å². The van der Waals surface area contributed by atoms with Crippen molar-refractivity contribution >= 4 is 34.8 Å². The molecule has 7 nitrogen and oxygen atoms in total. The number of amides is 2. The third kappa shape index (κ3) is 4.45. The summed E-state index contributed by atoms with van der Waals surface area (Å²) in [6, 6.07) is 6.95. The number of nitrogens with zero attached hydrogens (tertiary/aromatic N) is 1. The van der Waals surface area contributed by atoms with E-state index in [1.54, 1.807) is 38.1 Å². The Balaban J connectivity index is 1.59. The average molecular weight is 373 g/mol. The first-order valence-electron chi connectivity index (χ1n) is 8.25. The van der Waals surface area contributed by atoms with Crippen LogP contribution in [0.25, 0.3) is 0 Å². The van der Waals surface area contributed by atoms with Crippen LogP contribution in [0.15, 0.2) is 24.3 Å². The smallest absolute Gasteiger partial charge is 0.350 e. The summed E-state index contributed by atoms with van der Waals surface area (Å²) in [5.41, 5.74) is 1.35. The topological polar surface area (TPSA) is 97.4 Å². The molecule has 0 radical (unpaired) electrons. The van der Waals surface area contributed by atoms with Crippen molar-refractivity contribution < 1.29 is 19.1 Å². The molecule has 1 saturated carbocycles. The van der Waals surface area contributed by atoms with E-state index in [0.717, 1.165) is 17.8 Å². The first-order valence-corrected chi connectivity index (χ1v) is 9.06. The fraction of sp³-hybridized carbons (Fsp3) is 0.333. The van der Waals surface area contributed by atoms with Gasteiger partial charge in [-0.25, -0.2) is 9.78 Å². The van der Waals surface area contributed by atoms with Gasteiger partial charge >= 0.3 is 5.97 Å². The summed E-state index contributed by atoms with van der Waals surface area (Å²) < 4.78 is 5.05. The molecule has 1 heterocycles. The molecular formula is C18H19N3O4S. The van der Waals surface area contributed by atoms with Gasteiger partial charge in [0.05, 0.1) is 22.0 Å². The normalized spacial score (nSPS) is 13.2. The number of ether oxygens (including phenoxy) is 1. The van der Waals surface area contributed by atoms with Crippen LogP contribution in [-0.4, -0.2) is 35.4 Å². The number of benzene rings is 1. The van der Waals surface area contributed by atoms with Gasteiger partial charge < -0.3 is 15.4 Å². The van der Waals surface area contributed by atoms with Gasteiger partial charge in [0.1, 0.15) is 4.88 Å². The van der Waals surface area contributed by atoms with Gasteiger partial charge in [-0.05, 0) is 38.8 Å². The maximum absolute atomic E-state index is 12.2. The summed E-state index contributed by atoms with van der Waals surface area (Å²) >= 11 is 1.23. The Morgan fingerprint density at radius 2 is 1.96 bits per heavy atom. The number of para-hydroxylation sites is 1. The average Bonchev–Trinajstić information content (AvgIpc) is 3.35. The SMILES string of the molecule is Cc1nc(C)c(C(=O)OCC(=O)Nc2ccccc2C(=O)NC2CC2)s1. The fourth-order valence-corrected chi connectivity index (χ4v) is 3.20. The molecule has 8 heteroatoms. The molecule has 0 aliphatic heterocycles. The number of rotatable bonds is 6. The standard InChI is InChI=1S/C18H19N3O4S/c1-10-16(26-11(2)19-10)18(24)25-9-15(22)21-14-6-4-3-5-13(14)17(23)20-12-7-8-12/h3-6,12H,7-9H2,1-2H3,(H,20,23)(H,21,22). The Morgan fingerprint density at radius 3 is 2.62 bits per heavy atom. The van der Waals surface area contributed by atoms with Crippen LogP contribution in [0.5, 0.6) is 0 Å². The third-order valence-corrected chi connectivity index (χ3v) is 4.83. The number of carbonyl (C=O) groups is 3. The van der Waals surface area contributed by atoms with Crippen molar-refractivity contribution in [2.45, 2.75) is 32.7 Å². The summed E-state index contributed by atoms with van der Waals surface area (Å²) in [6.45, 7) is 3.08. The van der Waals surface area contributed by atoms with Crippen molar-refractivity contribution in [3.63, 3.8) is 0 Å². The van der Waals surface area contributed by atoms with Crippen LogP contribution < -0.4 is 10.6 Å². The highest BCUT2D eigenvalue weighted by Crippen LogP contribution is 2.22. The molecule has 1 aromatic heterocycles. The van der Waals surface area contributed by atoms with Crippen LogP contribution in [0.4, 0.5) is 5.69 Å². The predicted octanol–water partition coefficient (Wildman–Crippen LogP) is 2.45. The quantitative estimate of drug-likeness (QED) is 0.758. The van der Waals surface area contributed by atoms with E-state index >= 15 is 0 Å². The van der Waals surface area contributed by atoms with E-state index < -0.39 is 18.5 Å². The van der Waals surface area contributed by atoms with Gasteiger partial charge in [-0.3, -0.25) is 9.59 Å². The largest absolute Gasteiger partial charge is 0.451 e. The number of carbonyl (C=O) groups excluding carboxylic acids is 3. The molecule has 1 aliphatic carbocycles. The molecular weight excluding hydrogens is 354 g/mol. The Morgan fingerprint density at radius 1 is 1.23 bits per heavy atom. The number of anilines is 1. The Hall–Kier alpha value is -2.74. The molecule has 0 spiro atoms. The molecule has 1 aromatic carbocycles. The van der Waals surface area contributed by atoms with Gasteiger partial charge in [0.2, 0.25) is 0 Å². The van der Waals surface area contributed by atoms with Gasteiger partial charge in [-0.15, -0.1) is 11.3 Å². The Labute approximate surface area is 154 Å². The first-order chi connectivity index (χ1) is 12.4. The summed E-state index contributed by atoms with van der Waals surface area (Å²) in [5, 5.41) is 6.26. The van der Waals surface area contributed by atoms with Crippen LogP contribution in [0.2, 0.25) is 0 Å². The predicted molar refractivity (Wildman–Crippen MR) is 97.4 cm³/mol. The van der Waals surface area contributed by atoms with Gasteiger partial charge in [-0.1, -0.05) is 12.1 Å². The second kappa shape index (κ2) is 7.65. The van der Waals surface area contributed by atoms with E-state index in [1.807, 2.05) is 0 Å². The van der Waals surface area contributed by atoms with Crippen LogP contribution in [0.1, 0.15) is 43.6 Å². The van der Waals surface area contributed by atoms with E-state index in [0.29, 0.717) is 21.8 Å². The summed E-state index contributed by atoms with van der Waals surface area (Å²) in [5.74, 6) is -1.32. The zero-order chi connectivity index (χ0) is 18.7. The molecule has 2 amide bonds. The molecule has 2 N–H and O–H groups in total. The zero-order valence-electron chi connectivity index (χ0n) is 14.5. The van der Waals surface area contributed by atoms with Gasteiger partial charge in [0, 0.05) is 6.04 Å². The van der Waals surface area contributed by atoms with Crippen molar-refractivity contribution in [1.29, 1.82) is 0 Å². The molecule has 0 atom stereocenters. The highest BCUT2D eigenvalue weighted by molar-refractivity contribution is 7.13. The van der Waals surface area contributed by atoms with Crippen molar-refractivity contribution in [2.24, 2.45) is 0 Å². The molecule has 0 saturated heterocycles. The number of thiazole rings is 1. The molecule has 2 aromatic rings. The summed E-state index contributed by atoms with van der Waals surface area (Å²) in [7, 11) is 0. The maximum Gasteiger partial charge on any atom is 0.350 e.